The molecular weight excluding hydrogens is 1490 g/mol. The smallest absolute Gasteiger partial charge is 0.306 e. The molecule has 5 saturated heterocycles. The van der Waals surface area contributed by atoms with Crippen molar-refractivity contribution in [3.05, 3.63) is 0 Å². The van der Waals surface area contributed by atoms with Gasteiger partial charge < -0.3 is 78.0 Å². The van der Waals surface area contributed by atoms with E-state index in [4.69, 9.17) is 47.4 Å². The first-order valence-electron chi connectivity index (χ1n) is 49.1. The maximum atomic E-state index is 12.9. The van der Waals surface area contributed by atoms with Crippen LogP contribution in [-0.4, -0.2) is 191 Å². The molecule has 0 saturated carbocycles. The van der Waals surface area contributed by atoms with Crippen molar-refractivity contribution >= 4 is 29.8 Å². The maximum Gasteiger partial charge on any atom is 0.306 e. The van der Waals surface area contributed by atoms with Crippen LogP contribution in [0.2, 0.25) is 0 Å². The van der Waals surface area contributed by atoms with Crippen molar-refractivity contribution in [1.29, 1.82) is 0 Å². The molecule has 117 heavy (non-hydrogen) atoms. The van der Waals surface area contributed by atoms with Gasteiger partial charge in [0.2, 0.25) is 0 Å². The van der Waals surface area contributed by atoms with Gasteiger partial charge in [0.05, 0.1) is 98.2 Å². The van der Waals surface area contributed by atoms with E-state index in [0.717, 1.165) is 283 Å². The Balaban J connectivity index is 0.000000525. The first-order chi connectivity index (χ1) is 57.0. The van der Waals surface area contributed by atoms with Crippen molar-refractivity contribution in [3.8, 4) is 0 Å². The number of aliphatic hydroxyl groups is 6. The van der Waals surface area contributed by atoms with E-state index >= 15 is 0 Å². The fourth-order valence-corrected chi connectivity index (χ4v) is 16.4. The van der Waals surface area contributed by atoms with Crippen molar-refractivity contribution in [2.45, 2.75) is 556 Å². The molecule has 0 aromatic heterocycles. The molecule has 5 heterocycles. The predicted octanol–water partition coefficient (Wildman–Crippen LogP) is 20.5. The molecule has 0 amide bonds. The van der Waals surface area contributed by atoms with Gasteiger partial charge in [-0.3, -0.25) is 24.0 Å². The molecule has 686 valence electrons. The zero-order valence-electron chi connectivity index (χ0n) is 74.9. The van der Waals surface area contributed by atoms with Crippen LogP contribution in [0.5, 0.6) is 0 Å². The zero-order valence-corrected chi connectivity index (χ0v) is 74.9. The monoisotopic (exact) mass is 1670 g/mol. The quantitative estimate of drug-likeness (QED) is 0.0143. The largest absolute Gasteiger partial charge is 0.462 e. The number of esters is 5. The van der Waals surface area contributed by atoms with Crippen LogP contribution in [0.25, 0.3) is 0 Å². The van der Waals surface area contributed by atoms with E-state index in [9.17, 15) is 54.6 Å². The SMILES string of the molecule is CCCCCCC(O)CC1OC1CCCCCCCC(=O)OCC(CO)OC(=O)CCCCCCCC1OC1CC(O)CCCCCC.CCCCCCC(O)CC1OC1CCCCCCCC(=O)OCC(COC(=O)CCCCCCCC1OC1CC(O)CCCCCC)OC(=O)CCCCCCCC1OC1CC(O)CCCCCC. The van der Waals surface area contributed by atoms with E-state index in [-0.39, 0.29) is 155 Å². The molecular formula is C96H176O21. The molecule has 16 unspecified atom stereocenters. The number of rotatable bonds is 84. The van der Waals surface area contributed by atoms with Crippen molar-refractivity contribution < 1.29 is 102 Å². The Labute approximate surface area is 710 Å². The lowest BCUT2D eigenvalue weighted by Crippen LogP contribution is -2.30. The van der Waals surface area contributed by atoms with Gasteiger partial charge in [0, 0.05) is 64.2 Å². The standard InChI is InChI=1S/C57H104O12.C39H72O9/c1-4-7-10-22-31-45(58)40-52-49(67-52)34-25-16-13-19-28-37-55(61)64-43-48(66-57(63)39-30-21-15-18-27-36-51-54(69-51)42-47(60)33-24-12-9-6-3)44-65-56(62)38-29-20-14-17-26-35-50-53(68-50)41-46(59)32-23-11-8-5-2;1-3-5-7-15-21-31(41)27-36-34(47-36)23-17-11-9-13-19-25-38(43)45-30-33(29-40)46-39(44)26-20-14-10-12-18-24-35-37(48-35)28-32(42)22-16-8-6-4-2/h45-54,58-60H,4-44H2,1-3H3;31-37,40-42H,3-30H2,1-2H3. The van der Waals surface area contributed by atoms with Crippen molar-refractivity contribution in [3.63, 3.8) is 0 Å². The summed E-state index contributed by atoms with van der Waals surface area (Å²) in [4.78, 5) is 62.6. The minimum atomic E-state index is -0.849. The number of epoxide rings is 5. The zero-order chi connectivity index (χ0) is 84.6. The summed E-state index contributed by atoms with van der Waals surface area (Å²) in [5.74, 6) is -1.75. The molecule has 16 atom stereocenters. The van der Waals surface area contributed by atoms with Gasteiger partial charge >= 0.3 is 29.8 Å². The topological polar surface area (TPSA) is 316 Å². The Morgan fingerprint density at radius 3 is 0.650 bits per heavy atom. The lowest BCUT2D eigenvalue weighted by molar-refractivity contribution is -0.167. The normalized spacial score (nSPS) is 22.0. The lowest BCUT2D eigenvalue weighted by atomic mass is 10.0. The van der Waals surface area contributed by atoms with E-state index < -0.39 is 12.2 Å². The summed E-state index contributed by atoms with van der Waals surface area (Å²) >= 11 is 0. The average molecular weight is 1670 g/mol. The van der Waals surface area contributed by atoms with Gasteiger partial charge in [-0.2, -0.15) is 0 Å². The minimum Gasteiger partial charge on any atom is -0.462 e. The van der Waals surface area contributed by atoms with Gasteiger partial charge in [-0.05, 0) is 96.3 Å². The van der Waals surface area contributed by atoms with Crippen LogP contribution in [0.3, 0.4) is 0 Å². The highest BCUT2D eigenvalue weighted by Crippen LogP contribution is 2.37. The van der Waals surface area contributed by atoms with E-state index in [0.29, 0.717) is 31.5 Å². The number of ether oxygens (including phenoxy) is 10. The third kappa shape index (κ3) is 60.2. The number of hydrogen-bond acceptors (Lipinski definition) is 21. The highest BCUT2D eigenvalue weighted by molar-refractivity contribution is 5.71. The third-order valence-electron chi connectivity index (χ3n) is 24.4. The number of carbonyl (C=O) groups excluding carboxylic acids is 5. The van der Waals surface area contributed by atoms with Crippen LogP contribution >= 0.6 is 0 Å². The Morgan fingerprint density at radius 1 is 0.239 bits per heavy atom. The van der Waals surface area contributed by atoms with Gasteiger partial charge in [0.1, 0.15) is 19.8 Å². The summed E-state index contributed by atoms with van der Waals surface area (Å²) in [5, 5.41) is 60.8. The number of carbonyl (C=O) groups is 5. The number of aliphatic hydroxyl groups excluding tert-OH is 6. The number of hydrogen-bond donors (Lipinski definition) is 6. The summed E-state index contributed by atoms with van der Waals surface area (Å²) in [6, 6.07) is 0. The van der Waals surface area contributed by atoms with E-state index in [2.05, 4.69) is 34.6 Å². The van der Waals surface area contributed by atoms with Crippen molar-refractivity contribution in [2.24, 2.45) is 0 Å². The minimum absolute atomic E-state index is 0.114. The maximum absolute atomic E-state index is 12.9. The van der Waals surface area contributed by atoms with Crippen LogP contribution < -0.4 is 0 Å². The molecule has 21 nitrogen and oxygen atoms in total. The third-order valence-corrected chi connectivity index (χ3v) is 24.4. The molecule has 0 aromatic rings. The van der Waals surface area contributed by atoms with E-state index in [1.807, 2.05) is 0 Å². The first-order valence-corrected chi connectivity index (χ1v) is 49.1. The number of unbranched alkanes of at least 4 members (excludes halogenated alkanes) is 35. The molecule has 5 rings (SSSR count). The molecule has 21 heteroatoms. The van der Waals surface area contributed by atoms with E-state index in [1.54, 1.807) is 0 Å². The van der Waals surface area contributed by atoms with Gasteiger partial charge in [0.25, 0.3) is 0 Å². The summed E-state index contributed by atoms with van der Waals surface area (Å²) in [6.45, 7) is 10.2. The Bertz CT molecular complexity index is 2340. The van der Waals surface area contributed by atoms with Crippen LogP contribution in [0, 0.1) is 0 Å². The Kier molecular flexibility index (Phi) is 63.8. The second kappa shape index (κ2) is 70.2. The summed E-state index contributed by atoms with van der Waals surface area (Å²) in [7, 11) is 0. The van der Waals surface area contributed by atoms with Crippen LogP contribution in [0.4, 0.5) is 0 Å². The van der Waals surface area contributed by atoms with Crippen LogP contribution in [-0.2, 0) is 71.3 Å². The highest BCUT2D eigenvalue weighted by atomic mass is 16.6. The summed E-state index contributed by atoms with van der Waals surface area (Å²) < 4.78 is 56.3. The molecule has 0 aromatic carbocycles. The molecule has 6 N–H and O–H groups in total. The summed E-state index contributed by atoms with van der Waals surface area (Å²) in [5.41, 5.74) is 0. The average Bonchev–Trinajstić information content (AvgIpc) is 1.72. The molecule has 5 fully saturated rings. The molecule has 0 bridgehead atoms. The van der Waals surface area contributed by atoms with E-state index in [1.165, 1.54) is 96.3 Å². The molecule has 5 aliphatic rings. The second-order valence-corrected chi connectivity index (χ2v) is 35.7. The Hall–Kier alpha value is -3.09. The van der Waals surface area contributed by atoms with Crippen LogP contribution in [0.1, 0.15) is 452 Å². The first kappa shape index (κ1) is 106. The van der Waals surface area contributed by atoms with Gasteiger partial charge in [0.15, 0.2) is 12.2 Å². The second-order valence-electron chi connectivity index (χ2n) is 35.7. The summed E-state index contributed by atoms with van der Waals surface area (Å²) in [6.07, 6.45) is 62.3. The lowest BCUT2D eigenvalue weighted by Gasteiger charge is -2.18. The van der Waals surface area contributed by atoms with Crippen LogP contribution in [0.15, 0.2) is 0 Å². The highest BCUT2D eigenvalue weighted by Gasteiger charge is 2.43. The molecule has 5 aliphatic heterocycles. The Morgan fingerprint density at radius 2 is 0.427 bits per heavy atom. The van der Waals surface area contributed by atoms with Gasteiger partial charge in [-0.15, -0.1) is 0 Å². The molecule has 0 aliphatic carbocycles. The van der Waals surface area contributed by atoms with Gasteiger partial charge in [-0.25, -0.2) is 0 Å². The molecule has 0 spiro atoms. The predicted molar refractivity (Wildman–Crippen MR) is 462 cm³/mol. The molecule has 0 radical (unpaired) electrons. The van der Waals surface area contributed by atoms with Crippen molar-refractivity contribution in [2.75, 3.05) is 26.4 Å². The fraction of sp³-hybridized carbons (Fsp3) is 0.948. The van der Waals surface area contributed by atoms with Crippen molar-refractivity contribution in [1.82, 2.24) is 0 Å². The fourth-order valence-electron chi connectivity index (χ4n) is 16.4. The van der Waals surface area contributed by atoms with Gasteiger partial charge in [-0.1, -0.05) is 291 Å².